The quantitative estimate of drug-likeness (QED) is 0.220. The maximum atomic E-state index is 12.8. The van der Waals surface area contributed by atoms with E-state index in [-0.39, 0.29) is 23.8 Å². The molecule has 7 heteroatoms. The van der Waals surface area contributed by atoms with Crippen LogP contribution in [0.5, 0.6) is 11.5 Å². The number of aryl methyl sites for hydroxylation is 1. The molecule has 1 aromatic carbocycles. The van der Waals surface area contributed by atoms with E-state index in [1.807, 2.05) is 6.92 Å². The number of unbranched alkanes of at least 4 members (excludes halogenated alkanes) is 2. The first-order chi connectivity index (χ1) is 16.2. The molecule has 0 aliphatic heterocycles. The fourth-order valence-corrected chi connectivity index (χ4v) is 3.97. The Morgan fingerprint density at radius 2 is 1.82 bits per heavy atom. The number of aliphatic hydroxyl groups excluding tert-OH is 1. The monoisotopic (exact) mass is 474 g/mol. The molecule has 0 spiro atoms. The Hall–Kier alpha value is -2.93. The van der Waals surface area contributed by atoms with Gasteiger partial charge >= 0.3 is 17.9 Å². The summed E-state index contributed by atoms with van der Waals surface area (Å²) in [5.41, 5.74) is 2.66. The number of ether oxygens (including phenoxy) is 3. The molecule has 0 saturated carbocycles. The second-order valence-electron chi connectivity index (χ2n) is 8.27. The molecule has 0 aromatic heterocycles. The molecule has 1 aromatic rings. The number of hydrogen-bond acceptors (Lipinski definition) is 7. The van der Waals surface area contributed by atoms with E-state index in [1.54, 1.807) is 6.07 Å². The van der Waals surface area contributed by atoms with Crippen molar-refractivity contribution in [3.8, 4) is 11.5 Å². The normalized spacial score (nSPS) is 14.8. The molecule has 0 fully saturated rings. The van der Waals surface area contributed by atoms with Gasteiger partial charge in [0.2, 0.25) is 0 Å². The van der Waals surface area contributed by atoms with Crippen molar-refractivity contribution in [3.05, 3.63) is 47.1 Å². The van der Waals surface area contributed by atoms with Gasteiger partial charge in [0.05, 0.1) is 13.7 Å². The van der Waals surface area contributed by atoms with E-state index in [0.717, 1.165) is 38.5 Å². The van der Waals surface area contributed by atoms with Crippen molar-refractivity contribution in [1.82, 2.24) is 0 Å². The van der Waals surface area contributed by atoms with Crippen molar-refractivity contribution in [2.45, 2.75) is 78.6 Å². The van der Waals surface area contributed by atoms with Crippen molar-refractivity contribution >= 4 is 17.9 Å². The summed E-state index contributed by atoms with van der Waals surface area (Å²) in [5, 5.41) is 7.76. The van der Waals surface area contributed by atoms with E-state index in [2.05, 4.69) is 19.6 Å². The van der Waals surface area contributed by atoms with Crippen LogP contribution in [-0.2, 0) is 20.7 Å². The predicted molar refractivity (Wildman–Crippen MR) is 131 cm³/mol. The molecule has 0 saturated heterocycles. The molecule has 1 aliphatic carbocycles. The van der Waals surface area contributed by atoms with Crippen molar-refractivity contribution in [1.29, 1.82) is 0 Å². The molecule has 1 N–H and O–H groups in total. The van der Waals surface area contributed by atoms with Crippen LogP contribution in [0, 0.1) is 0 Å². The van der Waals surface area contributed by atoms with Crippen LogP contribution in [0.2, 0.25) is 0 Å². The van der Waals surface area contributed by atoms with Gasteiger partial charge in [0.15, 0.2) is 5.75 Å². The second-order valence-corrected chi connectivity index (χ2v) is 8.27. The lowest BCUT2D eigenvalue weighted by Gasteiger charge is -2.26. The van der Waals surface area contributed by atoms with Crippen LogP contribution in [-0.4, -0.2) is 36.7 Å². The highest BCUT2D eigenvalue weighted by Gasteiger charge is 2.31. The molecule has 1 atom stereocenters. The largest absolute Gasteiger partial charge is 0.465 e. The molecular formula is C27H38O7. The van der Waals surface area contributed by atoms with Crippen LogP contribution in [0.4, 0.5) is 0 Å². The molecule has 0 bridgehead atoms. The van der Waals surface area contributed by atoms with Crippen molar-refractivity contribution in [2.75, 3.05) is 13.7 Å². The summed E-state index contributed by atoms with van der Waals surface area (Å²) in [7, 11) is 1.31. The van der Waals surface area contributed by atoms with Gasteiger partial charge < -0.3 is 19.3 Å². The standard InChI is InChI=1S/C24H32O6.C3H6O/c1-6-7-8-11-19-14-20(29-16(3)25)21(18-12-9-10-15(2)13-18)23(30-17(4)26)22(19)24(27)28-5;1-2-3-4/h13-14,18H,6-12H2,1-5H3;2,4H,1,3H2/t18-;/m1./s1. The van der Waals surface area contributed by atoms with Crippen LogP contribution < -0.4 is 9.47 Å². The van der Waals surface area contributed by atoms with Crippen LogP contribution in [0.25, 0.3) is 0 Å². The van der Waals surface area contributed by atoms with Gasteiger partial charge in [0, 0.05) is 25.3 Å². The van der Waals surface area contributed by atoms with Crippen LogP contribution >= 0.6 is 0 Å². The highest BCUT2D eigenvalue weighted by molar-refractivity contribution is 5.96. The van der Waals surface area contributed by atoms with Crippen LogP contribution in [0.15, 0.2) is 30.4 Å². The topological polar surface area (TPSA) is 99.1 Å². The third-order valence-corrected chi connectivity index (χ3v) is 5.37. The Morgan fingerprint density at radius 1 is 1.18 bits per heavy atom. The summed E-state index contributed by atoms with van der Waals surface area (Å²) in [4.78, 5) is 36.6. The van der Waals surface area contributed by atoms with Gasteiger partial charge in [-0.2, -0.15) is 0 Å². The van der Waals surface area contributed by atoms with Gasteiger partial charge in [-0.1, -0.05) is 37.5 Å². The first-order valence-electron chi connectivity index (χ1n) is 11.7. The van der Waals surface area contributed by atoms with Crippen molar-refractivity contribution < 1.29 is 33.7 Å². The molecule has 0 heterocycles. The molecule has 0 unspecified atom stereocenters. The maximum Gasteiger partial charge on any atom is 0.341 e. The molecule has 2 rings (SSSR count). The number of methoxy groups -OCH3 is 1. The summed E-state index contributed by atoms with van der Waals surface area (Å²) in [6, 6.07) is 1.74. The minimum Gasteiger partial charge on any atom is -0.465 e. The number of esters is 3. The average Bonchev–Trinajstić information content (AvgIpc) is 2.78. The first-order valence-corrected chi connectivity index (χ1v) is 11.7. The highest BCUT2D eigenvalue weighted by Crippen LogP contribution is 2.45. The predicted octanol–water partition coefficient (Wildman–Crippen LogP) is 5.44. The van der Waals surface area contributed by atoms with Gasteiger partial charge in [-0.15, -0.1) is 6.58 Å². The number of hydrogen-bond donors (Lipinski definition) is 1. The zero-order valence-corrected chi connectivity index (χ0v) is 21.1. The SMILES string of the molecule is C=CCO.CCCCCc1cc(OC(C)=O)c([C@H]2C=C(C)CCC2)c(OC(C)=O)c1C(=O)OC. The smallest absolute Gasteiger partial charge is 0.341 e. The number of carbonyl (C=O) groups excluding carboxylic acids is 3. The number of aliphatic hydroxyl groups is 1. The van der Waals surface area contributed by atoms with Crippen molar-refractivity contribution in [2.24, 2.45) is 0 Å². The van der Waals surface area contributed by atoms with E-state index in [4.69, 9.17) is 19.3 Å². The average molecular weight is 475 g/mol. The van der Waals surface area contributed by atoms with E-state index < -0.39 is 17.9 Å². The minimum absolute atomic E-state index is 0.0833. The first kappa shape index (κ1) is 29.1. The fraction of sp³-hybridized carbons (Fsp3) is 0.519. The highest BCUT2D eigenvalue weighted by atomic mass is 16.6. The van der Waals surface area contributed by atoms with Gasteiger partial charge in [-0.3, -0.25) is 9.59 Å². The van der Waals surface area contributed by atoms with Gasteiger partial charge in [-0.05, 0) is 50.7 Å². The Morgan fingerprint density at radius 3 is 2.32 bits per heavy atom. The summed E-state index contributed by atoms with van der Waals surface area (Å²) in [5.74, 6) is -1.21. The summed E-state index contributed by atoms with van der Waals surface area (Å²) in [6.45, 7) is 10.1. The molecule has 1 aliphatic rings. The molecule has 0 radical (unpaired) electrons. The third-order valence-electron chi connectivity index (χ3n) is 5.37. The van der Waals surface area contributed by atoms with Gasteiger partial charge in [0.1, 0.15) is 11.3 Å². The zero-order valence-electron chi connectivity index (χ0n) is 21.1. The van der Waals surface area contributed by atoms with Crippen LogP contribution in [0.1, 0.15) is 93.6 Å². The van der Waals surface area contributed by atoms with Crippen LogP contribution in [0.3, 0.4) is 0 Å². The summed E-state index contributed by atoms with van der Waals surface area (Å²) in [6.07, 6.45) is 9.71. The fourth-order valence-electron chi connectivity index (χ4n) is 3.97. The summed E-state index contributed by atoms with van der Waals surface area (Å²) >= 11 is 0. The molecular weight excluding hydrogens is 436 g/mol. The van der Waals surface area contributed by atoms with E-state index in [0.29, 0.717) is 23.3 Å². The Bertz CT molecular complexity index is 899. The lowest BCUT2D eigenvalue weighted by atomic mass is 9.83. The molecule has 188 valence electrons. The Kier molecular flexibility index (Phi) is 12.9. The Labute approximate surface area is 202 Å². The van der Waals surface area contributed by atoms with E-state index >= 15 is 0 Å². The van der Waals surface area contributed by atoms with Crippen molar-refractivity contribution in [3.63, 3.8) is 0 Å². The Balaban J connectivity index is 0.00000133. The summed E-state index contributed by atoms with van der Waals surface area (Å²) < 4.78 is 16.2. The molecule has 7 nitrogen and oxygen atoms in total. The lowest BCUT2D eigenvalue weighted by Crippen LogP contribution is -2.18. The maximum absolute atomic E-state index is 12.8. The number of benzene rings is 1. The number of carbonyl (C=O) groups is 3. The van der Waals surface area contributed by atoms with E-state index in [1.165, 1.54) is 32.6 Å². The van der Waals surface area contributed by atoms with Gasteiger partial charge in [0.25, 0.3) is 0 Å². The number of rotatable bonds is 9. The second kappa shape index (κ2) is 15.1. The van der Waals surface area contributed by atoms with E-state index in [9.17, 15) is 14.4 Å². The molecule has 0 amide bonds. The van der Waals surface area contributed by atoms with Gasteiger partial charge in [-0.25, -0.2) is 4.79 Å². The third kappa shape index (κ3) is 8.78. The molecule has 34 heavy (non-hydrogen) atoms. The lowest BCUT2D eigenvalue weighted by molar-refractivity contribution is -0.132. The zero-order chi connectivity index (χ0) is 25.7. The number of allylic oxidation sites excluding steroid dienone is 2. The minimum atomic E-state index is -0.565.